The summed E-state index contributed by atoms with van der Waals surface area (Å²) in [5, 5.41) is 0. The van der Waals surface area contributed by atoms with Gasteiger partial charge in [0.15, 0.2) is 11.5 Å². The number of carbonyl (C=O) groups is 1. The fourth-order valence-corrected chi connectivity index (χ4v) is 3.49. The van der Waals surface area contributed by atoms with Gasteiger partial charge in [-0.3, -0.25) is 0 Å². The highest BCUT2D eigenvalue weighted by atomic mass is 79.9. The van der Waals surface area contributed by atoms with E-state index in [1.54, 1.807) is 12.1 Å². The molecule has 5 heteroatoms. The van der Waals surface area contributed by atoms with Crippen LogP contribution >= 0.6 is 15.9 Å². The lowest BCUT2D eigenvalue weighted by Gasteiger charge is -2.28. The van der Waals surface area contributed by atoms with E-state index in [0.29, 0.717) is 21.5 Å². The van der Waals surface area contributed by atoms with Crippen LogP contribution in [0.3, 0.4) is 0 Å². The monoisotopic (exact) mass is 410 g/mol. The van der Waals surface area contributed by atoms with Crippen LogP contribution in [0.15, 0.2) is 77.3 Å². The summed E-state index contributed by atoms with van der Waals surface area (Å²) in [6.07, 6.45) is 0. The molecule has 0 fully saturated rings. The molecular formula is C21H15BrO4. The molecule has 4 nitrogen and oxygen atoms in total. The number of halogens is 1. The Morgan fingerprint density at radius 1 is 0.885 bits per heavy atom. The van der Waals surface area contributed by atoms with Crippen LogP contribution in [0.2, 0.25) is 0 Å². The summed E-state index contributed by atoms with van der Waals surface area (Å²) < 4.78 is 18.0. The summed E-state index contributed by atoms with van der Waals surface area (Å²) in [4.78, 5) is 12.0. The minimum Gasteiger partial charge on any atom is -0.465 e. The molecule has 0 unspecified atom stereocenters. The van der Waals surface area contributed by atoms with Crippen molar-refractivity contribution in [2.45, 2.75) is 5.79 Å². The van der Waals surface area contributed by atoms with E-state index in [4.69, 9.17) is 14.2 Å². The summed E-state index contributed by atoms with van der Waals surface area (Å²) in [5.74, 6) is -0.516. The Balaban J connectivity index is 1.86. The molecule has 3 aromatic rings. The fraction of sp³-hybridized carbons (Fsp3) is 0.0952. The predicted molar refractivity (Wildman–Crippen MR) is 100 cm³/mol. The molecule has 0 amide bonds. The SMILES string of the molecule is COC(=O)c1cc2c(cc1Br)OC(c1ccccc1)(c1ccccc1)O2. The smallest absolute Gasteiger partial charge is 0.339 e. The molecule has 1 aliphatic rings. The van der Waals surface area contributed by atoms with Crippen LogP contribution in [0, 0.1) is 0 Å². The van der Waals surface area contributed by atoms with Crippen LogP contribution in [-0.4, -0.2) is 13.1 Å². The van der Waals surface area contributed by atoms with E-state index < -0.39 is 11.8 Å². The molecule has 26 heavy (non-hydrogen) atoms. The third kappa shape index (κ3) is 2.65. The first kappa shape index (κ1) is 16.7. The Labute approximate surface area is 159 Å². The van der Waals surface area contributed by atoms with Crippen LogP contribution in [0.5, 0.6) is 11.5 Å². The van der Waals surface area contributed by atoms with Crippen LogP contribution < -0.4 is 9.47 Å². The lowest BCUT2D eigenvalue weighted by molar-refractivity contribution is -0.0459. The molecule has 0 spiro atoms. The van der Waals surface area contributed by atoms with E-state index >= 15 is 0 Å². The van der Waals surface area contributed by atoms with Crippen molar-refractivity contribution in [1.29, 1.82) is 0 Å². The molecule has 130 valence electrons. The molecule has 0 N–H and O–H groups in total. The third-order valence-corrected chi connectivity index (χ3v) is 4.91. The van der Waals surface area contributed by atoms with Gasteiger partial charge >= 0.3 is 11.8 Å². The molecule has 3 aromatic carbocycles. The highest BCUT2D eigenvalue weighted by Crippen LogP contribution is 2.49. The van der Waals surface area contributed by atoms with Crippen LogP contribution in [0.25, 0.3) is 0 Å². The van der Waals surface area contributed by atoms with Gasteiger partial charge in [-0.05, 0) is 28.1 Å². The zero-order valence-electron chi connectivity index (χ0n) is 13.9. The summed E-state index contributed by atoms with van der Waals surface area (Å²) in [6, 6.07) is 22.8. The Hall–Kier alpha value is -2.79. The first-order valence-electron chi connectivity index (χ1n) is 8.05. The van der Waals surface area contributed by atoms with Crippen molar-refractivity contribution in [3.05, 3.63) is 94.0 Å². The van der Waals surface area contributed by atoms with Gasteiger partial charge in [-0.1, -0.05) is 60.7 Å². The summed E-state index contributed by atoms with van der Waals surface area (Å²) in [5.41, 5.74) is 2.10. The number of rotatable bonds is 3. The zero-order valence-corrected chi connectivity index (χ0v) is 15.5. The number of fused-ring (bicyclic) bond motifs is 1. The Morgan fingerprint density at radius 3 is 1.88 bits per heavy atom. The van der Waals surface area contributed by atoms with E-state index in [2.05, 4.69) is 15.9 Å². The molecule has 1 heterocycles. The molecule has 0 radical (unpaired) electrons. The second-order valence-corrected chi connectivity index (χ2v) is 6.68. The van der Waals surface area contributed by atoms with Crippen molar-refractivity contribution in [3.63, 3.8) is 0 Å². The maximum Gasteiger partial charge on any atom is 0.339 e. The van der Waals surface area contributed by atoms with Crippen LogP contribution in [0.1, 0.15) is 21.5 Å². The van der Waals surface area contributed by atoms with E-state index in [-0.39, 0.29) is 0 Å². The van der Waals surface area contributed by atoms with Gasteiger partial charge in [0.1, 0.15) is 0 Å². The number of methoxy groups -OCH3 is 1. The van der Waals surface area contributed by atoms with Gasteiger partial charge in [-0.15, -0.1) is 0 Å². The summed E-state index contributed by atoms with van der Waals surface area (Å²) in [7, 11) is 1.34. The minimum absolute atomic E-state index is 0.381. The van der Waals surface area contributed by atoms with E-state index in [1.165, 1.54) is 7.11 Å². The van der Waals surface area contributed by atoms with E-state index in [1.807, 2.05) is 60.7 Å². The Morgan fingerprint density at radius 2 is 1.38 bits per heavy atom. The molecule has 0 atom stereocenters. The van der Waals surface area contributed by atoms with Crippen molar-refractivity contribution < 1.29 is 19.0 Å². The van der Waals surface area contributed by atoms with Crippen LogP contribution in [0.4, 0.5) is 0 Å². The van der Waals surface area contributed by atoms with Crippen molar-refractivity contribution in [1.82, 2.24) is 0 Å². The van der Waals surface area contributed by atoms with E-state index in [9.17, 15) is 4.79 Å². The van der Waals surface area contributed by atoms with Crippen molar-refractivity contribution >= 4 is 21.9 Å². The minimum atomic E-state index is -1.11. The standard InChI is InChI=1S/C21H15BrO4/c1-24-20(23)16-12-18-19(13-17(16)22)26-21(25-18,14-8-4-2-5-9-14)15-10-6-3-7-11-15/h2-13H,1H3. The number of benzene rings is 3. The molecule has 0 bridgehead atoms. The molecule has 4 rings (SSSR count). The molecular weight excluding hydrogens is 396 g/mol. The van der Waals surface area contributed by atoms with Gasteiger partial charge in [0.2, 0.25) is 0 Å². The molecule has 0 aromatic heterocycles. The normalized spacial score (nSPS) is 14.1. The van der Waals surface area contributed by atoms with Crippen molar-refractivity contribution in [2.24, 2.45) is 0 Å². The number of carbonyl (C=O) groups excluding carboxylic acids is 1. The Kier molecular flexibility index (Phi) is 4.17. The highest BCUT2D eigenvalue weighted by Gasteiger charge is 2.45. The van der Waals surface area contributed by atoms with Gasteiger partial charge in [0.05, 0.1) is 12.7 Å². The number of hydrogen-bond acceptors (Lipinski definition) is 4. The second-order valence-electron chi connectivity index (χ2n) is 5.82. The molecule has 0 saturated carbocycles. The second kappa shape index (κ2) is 6.50. The summed E-state index contributed by atoms with van der Waals surface area (Å²) >= 11 is 3.40. The van der Waals surface area contributed by atoms with Gasteiger partial charge in [-0.25, -0.2) is 4.79 Å². The topological polar surface area (TPSA) is 44.8 Å². The highest BCUT2D eigenvalue weighted by molar-refractivity contribution is 9.10. The maximum absolute atomic E-state index is 12.0. The predicted octanol–water partition coefficient (Wildman–Crippen LogP) is 4.91. The molecule has 0 aliphatic carbocycles. The molecule has 1 aliphatic heterocycles. The van der Waals surface area contributed by atoms with Gasteiger partial charge in [-0.2, -0.15) is 0 Å². The lowest BCUT2D eigenvalue weighted by Crippen LogP contribution is -2.36. The molecule has 0 saturated heterocycles. The summed E-state index contributed by atoms with van der Waals surface area (Å²) in [6.45, 7) is 0. The fourth-order valence-electron chi connectivity index (χ4n) is 3.01. The number of esters is 1. The van der Waals surface area contributed by atoms with Crippen molar-refractivity contribution in [3.8, 4) is 11.5 Å². The Bertz CT molecular complexity index is 915. The quantitative estimate of drug-likeness (QED) is 0.575. The van der Waals surface area contributed by atoms with Gasteiger partial charge in [0.25, 0.3) is 0 Å². The van der Waals surface area contributed by atoms with Crippen LogP contribution in [-0.2, 0) is 10.5 Å². The zero-order chi connectivity index (χ0) is 18.1. The lowest BCUT2D eigenvalue weighted by atomic mass is 9.97. The van der Waals surface area contributed by atoms with E-state index in [0.717, 1.165) is 11.1 Å². The average molecular weight is 411 g/mol. The maximum atomic E-state index is 12.0. The first-order chi connectivity index (χ1) is 12.6. The first-order valence-corrected chi connectivity index (χ1v) is 8.84. The van der Waals surface area contributed by atoms with Gasteiger partial charge < -0.3 is 14.2 Å². The largest absolute Gasteiger partial charge is 0.465 e. The van der Waals surface area contributed by atoms with Gasteiger partial charge in [0, 0.05) is 15.6 Å². The van der Waals surface area contributed by atoms with Crippen molar-refractivity contribution in [2.75, 3.05) is 7.11 Å². The number of ether oxygens (including phenoxy) is 3. The average Bonchev–Trinajstić information content (AvgIpc) is 3.07. The number of hydrogen-bond donors (Lipinski definition) is 0. The third-order valence-electron chi connectivity index (χ3n) is 4.25.